The van der Waals surface area contributed by atoms with E-state index in [2.05, 4.69) is 27.7 Å². The molecule has 0 rings (SSSR count). The van der Waals surface area contributed by atoms with Gasteiger partial charge in [-0.15, -0.1) is 0 Å². The van der Waals surface area contributed by atoms with E-state index >= 15 is 0 Å². The summed E-state index contributed by atoms with van der Waals surface area (Å²) in [6.45, 7) is 12.9. The van der Waals surface area contributed by atoms with Gasteiger partial charge in [-0.25, -0.2) is 4.31 Å². The van der Waals surface area contributed by atoms with E-state index in [-0.39, 0.29) is 12.1 Å². The van der Waals surface area contributed by atoms with Crippen molar-refractivity contribution in [1.29, 1.82) is 0 Å². The van der Waals surface area contributed by atoms with Gasteiger partial charge in [0.1, 0.15) is 0 Å². The van der Waals surface area contributed by atoms with E-state index < -0.39 is 11.3 Å². The zero-order chi connectivity index (χ0) is 15.7. The molecule has 3 nitrogen and oxygen atoms in total. The Balaban J connectivity index is 4.27. The SMILES string of the molecule is CC(C)CCCC(C)N(C(C)CCCC(C)C)S(=O)[O-]. The summed E-state index contributed by atoms with van der Waals surface area (Å²) in [6.07, 6.45) is 6.47. The largest absolute Gasteiger partial charge is 0.760 e. The molecule has 0 saturated heterocycles. The lowest BCUT2D eigenvalue weighted by Gasteiger charge is -2.36. The van der Waals surface area contributed by atoms with Gasteiger partial charge in [-0.05, 0) is 38.5 Å². The van der Waals surface area contributed by atoms with Gasteiger partial charge >= 0.3 is 0 Å². The minimum Gasteiger partial charge on any atom is -0.760 e. The number of hydrogen-bond donors (Lipinski definition) is 0. The quantitative estimate of drug-likeness (QED) is 0.527. The number of hydrogen-bond acceptors (Lipinski definition) is 2. The fourth-order valence-electron chi connectivity index (χ4n) is 2.63. The van der Waals surface area contributed by atoms with E-state index in [9.17, 15) is 8.76 Å². The molecule has 0 fully saturated rings. The van der Waals surface area contributed by atoms with E-state index in [4.69, 9.17) is 0 Å². The van der Waals surface area contributed by atoms with Crippen LogP contribution in [0.4, 0.5) is 0 Å². The van der Waals surface area contributed by atoms with Crippen molar-refractivity contribution in [2.75, 3.05) is 0 Å². The van der Waals surface area contributed by atoms with Crippen LogP contribution in [0, 0.1) is 11.8 Å². The molecule has 0 saturated carbocycles. The normalized spacial score (nSPS) is 16.9. The molecule has 0 bridgehead atoms. The molecule has 0 spiro atoms. The van der Waals surface area contributed by atoms with Gasteiger partial charge in [0.05, 0.1) is 0 Å². The summed E-state index contributed by atoms with van der Waals surface area (Å²) in [6, 6.07) is 0.224. The fourth-order valence-corrected chi connectivity index (χ4v) is 3.42. The van der Waals surface area contributed by atoms with Crippen LogP contribution in [0.5, 0.6) is 0 Å². The third kappa shape index (κ3) is 9.09. The molecule has 0 radical (unpaired) electrons. The molecule has 0 amide bonds. The third-order valence-electron chi connectivity index (χ3n) is 3.85. The maximum absolute atomic E-state index is 11.5. The van der Waals surface area contributed by atoms with E-state index in [1.807, 2.05) is 13.8 Å². The van der Waals surface area contributed by atoms with Crippen LogP contribution in [0.25, 0.3) is 0 Å². The first-order valence-electron chi connectivity index (χ1n) is 8.13. The van der Waals surface area contributed by atoms with Crippen molar-refractivity contribution in [3.63, 3.8) is 0 Å². The van der Waals surface area contributed by atoms with E-state index in [0.29, 0.717) is 11.8 Å². The Labute approximate surface area is 128 Å². The lowest BCUT2D eigenvalue weighted by Crippen LogP contribution is -2.41. The van der Waals surface area contributed by atoms with Gasteiger partial charge in [0.25, 0.3) is 0 Å². The smallest absolute Gasteiger partial charge is 0.0214 e. The Bertz CT molecular complexity index is 249. The highest BCUT2D eigenvalue weighted by atomic mass is 32.2. The van der Waals surface area contributed by atoms with Gasteiger partial charge in [-0.2, -0.15) is 0 Å². The second-order valence-electron chi connectivity index (χ2n) is 6.92. The standard InChI is InChI=1S/C16H35NO2S/c1-13(2)9-7-11-15(5)17(20(18)19)16(6)12-8-10-14(3)4/h13-16H,7-12H2,1-6H3,(H,18,19)/p-1. The van der Waals surface area contributed by atoms with Gasteiger partial charge in [0.2, 0.25) is 0 Å². The Morgan fingerprint density at radius 1 is 0.800 bits per heavy atom. The molecule has 0 aliphatic heterocycles. The second kappa shape index (κ2) is 10.7. The molecular formula is C16H34NO2S-. The Kier molecular flexibility index (Phi) is 10.8. The lowest BCUT2D eigenvalue weighted by atomic mass is 10.0. The van der Waals surface area contributed by atoms with Crippen LogP contribution in [0.15, 0.2) is 0 Å². The molecule has 0 aromatic rings. The highest BCUT2D eigenvalue weighted by Crippen LogP contribution is 2.19. The molecule has 0 N–H and O–H groups in total. The molecule has 0 heterocycles. The van der Waals surface area contributed by atoms with Crippen LogP contribution in [0.3, 0.4) is 0 Å². The highest BCUT2D eigenvalue weighted by Gasteiger charge is 2.20. The molecule has 122 valence electrons. The summed E-state index contributed by atoms with van der Waals surface area (Å²) in [5, 5.41) is 0. The zero-order valence-electron chi connectivity index (χ0n) is 14.2. The van der Waals surface area contributed by atoms with Crippen LogP contribution in [0.1, 0.15) is 80.1 Å². The second-order valence-corrected chi connectivity index (χ2v) is 7.78. The number of nitrogens with zero attached hydrogens (tertiary/aromatic N) is 1. The molecule has 20 heavy (non-hydrogen) atoms. The van der Waals surface area contributed by atoms with Crippen molar-refractivity contribution < 1.29 is 8.76 Å². The maximum atomic E-state index is 11.5. The van der Waals surface area contributed by atoms with Gasteiger partial charge < -0.3 is 4.55 Å². The predicted molar refractivity (Wildman–Crippen MR) is 87.1 cm³/mol. The van der Waals surface area contributed by atoms with Gasteiger partial charge in [-0.3, -0.25) is 4.21 Å². The molecule has 0 aliphatic rings. The average molecular weight is 305 g/mol. The van der Waals surface area contributed by atoms with Crippen LogP contribution in [-0.4, -0.2) is 25.2 Å². The summed E-state index contributed by atoms with van der Waals surface area (Å²) in [4.78, 5) is 0. The summed E-state index contributed by atoms with van der Waals surface area (Å²) in [5.74, 6) is 1.38. The zero-order valence-corrected chi connectivity index (χ0v) is 15.0. The van der Waals surface area contributed by atoms with Crippen molar-refractivity contribution in [2.45, 2.75) is 92.2 Å². The summed E-state index contributed by atoms with van der Waals surface area (Å²) in [7, 11) is 0. The van der Waals surface area contributed by atoms with Crippen molar-refractivity contribution in [2.24, 2.45) is 11.8 Å². The van der Waals surface area contributed by atoms with Crippen LogP contribution in [0.2, 0.25) is 0 Å². The minimum atomic E-state index is -2.11. The minimum absolute atomic E-state index is 0.112. The summed E-state index contributed by atoms with van der Waals surface area (Å²) < 4.78 is 24.7. The molecule has 4 heteroatoms. The molecule has 0 aromatic carbocycles. The third-order valence-corrected chi connectivity index (χ3v) is 4.91. The predicted octanol–water partition coefficient (Wildman–Crippen LogP) is 4.51. The Morgan fingerprint density at radius 3 is 1.40 bits per heavy atom. The molecule has 0 aliphatic carbocycles. The molecule has 0 aromatic heterocycles. The topological polar surface area (TPSA) is 43.4 Å². The fraction of sp³-hybridized carbons (Fsp3) is 1.00. The Hall–Kier alpha value is 0.0700. The molecule has 3 unspecified atom stereocenters. The van der Waals surface area contributed by atoms with Crippen LogP contribution in [-0.2, 0) is 11.3 Å². The highest BCUT2D eigenvalue weighted by molar-refractivity contribution is 7.76. The first-order valence-corrected chi connectivity index (χ1v) is 9.16. The number of rotatable bonds is 11. The summed E-state index contributed by atoms with van der Waals surface area (Å²) in [5.41, 5.74) is 0. The first-order chi connectivity index (χ1) is 9.25. The van der Waals surface area contributed by atoms with Crippen LogP contribution < -0.4 is 0 Å². The van der Waals surface area contributed by atoms with Gasteiger partial charge in [0, 0.05) is 23.4 Å². The van der Waals surface area contributed by atoms with Crippen molar-refractivity contribution >= 4 is 11.3 Å². The Morgan fingerprint density at radius 2 is 1.15 bits per heavy atom. The van der Waals surface area contributed by atoms with E-state index in [1.165, 1.54) is 12.8 Å². The van der Waals surface area contributed by atoms with Crippen molar-refractivity contribution in [3.8, 4) is 0 Å². The van der Waals surface area contributed by atoms with Gasteiger partial charge in [0.15, 0.2) is 0 Å². The van der Waals surface area contributed by atoms with Gasteiger partial charge in [-0.1, -0.05) is 53.4 Å². The maximum Gasteiger partial charge on any atom is 0.0214 e. The van der Waals surface area contributed by atoms with Crippen molar-refractivity contribution in [1.82, 2.24) is 4.31 Å². The van der Waals surface area contributed by atoms with E-state index in [1.54, 1.807) is 4.31 Å². The monoisotopic (exact) mass is 304 g/mol. The van der Waals surface area contributed by atoms with Crippen molar-refractivity contribution in [3.05, 3.63) is 0 Å². The lowest BCUT2D eigenvalue weighted by molar-refractivity contribution is 0.234. The average Bonchev–Trinajstić information content (AvgIpc) is 2.27. The molecular weight excluding hydrogens is 270 g/mol. The molecule has 3 atom stereocenters. The van der Waals surface area contributed by atoms with Crippen LogP contribution >= 0.6 is 0 Å². The first kappa shape index (κ1) is 20.1. The summed E-state index contributed by atoms with van der Waals surface area (Å²) >= 11 is -2.11. The van der Waals surface area contributed by atoms with E-state index in [0.717, 1.165) is 25.7 Å².